The first-order chi connectivity index (χ1) is 4.90. The number of nitrogens with two attached hydrogens (primary N) is 1. The second-order valence-corrected chi connectivity index (χ2v) is 3.40. The quantitative estimate of drug-likeness (QED) is 0.495. The van der Waals surface area contributed by atoms with E-state index in [4.69, 9.17) is 5.73 Å². The molecule has 3 heteroatoms. The van der Waals surface area contributed by atoms with Crippen molar-refractivity contribution in [1.29, 1.82) is 0 Å². The Morgan fingerprint density at radius 3 is 2.40 bits per heavy atom. The molecule has 2 heterocycles. The van der Waals surface area contributed by atoms with Crippen LogP contribution < -0.4 is 11.1 Å². The number of nitrogens with zero attached hydrogens (tertiary/aromatic N) is 1. The van der Waals surface area contributed by atoms with Crippen LogP contribution in [0.25, 0.3) is 0 Å². The van der Waals surface area contributed by atoms with Gasteiger partial charge >= 0.3 is 0 Å². The highest BCUT2D eigenvalue weighted by molar-refractivity contribution is 4.90. The smallest absolute Gasteiger partial charge is 0.0455 e. The van der Waals surface area contributed by atoms with E-state index in [0.29, 0.717) is 0 Å². The molecule has 2 rings (SSSR count). The van der Waals surface area contributed by atoms with E-state index >= 15 is 0 Å². The van der Waals surface area contributed by atoms with Gasteiger partial charge in [-0.15, -0.1) is 0 Å². The summed E-state index contributed by atoms with van der Waals surface area (Å²) in [4.78, 5) is 2.34. The van der Waals surface area contributed by atoms with Crippen molar-refractivity contribution < 1.29 is 0 Å². The molecule has 0 saturated carbocycles. The van der Waals surface area contributed by atoms with E-state index in [1.807, 2.05) is 0 Å². The lowest BCUT2D eigenvalue weighted by molar-refractivity contribution is 0.323. The van der Waals surface area contributed by atoms with E-state index in [1.165, 1.54) is 26.2 Å². The lowest BCUT2D eigenvalue weighted by atomic mass is 10.0. The van der Waals surface area contributed by atoms with Crippen LogP contribution in [0.3, 0.4) is 0 Å². The Kier molecular flexibility index (Phi) is 1.64. The van der Waals surface area contributed by atoms with Crippen LogP contribution in [0.4, 0.5) is 0 Å². The maximum atomic E-state index is 5.54. The minimum atomic E-state index is 0.743. The van der Waals surface area contributed by atoms with Gasteiger partial charge in [-0.25, -0.2) is 0 Å². The first-order valence-electron chi connectivity index (χ1n) is 4.03. The fourth-order valence-electron chi connectivity index (χ4n) is 2.10. The van der Waals surface area contributed by atoms with Gasteiger partial charge in [0.25, 0.3) is 0 Å². The zero-order valence-electron chi connectivity index (χ0n) is 6.21. The average molecular weight is 141 g/mol. The van der Waals surface area contributed by atoms with Crippen LogP contribution in [0, 0.1) is 11.8 Å². The number of hydrogen-bond acceptors (Lipinski definition) is 3. The second kappa shape index (κ2) is 2.49. The molecule has 10 heavy (non-hydrogen) atoms. The van der Waals surface area contributed by atoms with E-state index in [-0.39, 0.29) is 0 Å². The van der Waals surface area contributed by atoms with Gasteiger partial charge < -0.3 is 11.1 Å². The molecule has 0 amide bonds. The van der Waals surface area contributed by atoms with Gasteiger partial charge in [-0.1, -0.05) is 0 Å². The standard InChI is InChI=1S/C7H15N3/c8-5-10-3-6-1-9-2-7(6)4-10/h6-7,9H,1-5,8H2. The van der Waals surface area contributed by atoms with Gasteiger partial charge in [0.2, 0.25) is 0 Å². The van der Waals surface area contributed by atoms with E-state index in [0.717, 1.165) is 18.5 Å². The van der Waals surface area contributed by atoms with E-state index in [1.54, 1.807) is 0 Å². The van der Waals surface area contributed by atoms with Crippen molar-refractivity contribution in [2.75, 3.05) is 32.8 Å². The molecule has 3 nitrogen and oxygen atoms in total. The molecule has 0 radical (unpaired) electrons. The third kappa shape index (κ3) is 0.944. The van der Waals surface area contributed by atoms with Crippen LogP contribution in [0.5, 0.6) is 0 Å². The molecule has 3 N–H and O–H groups in total. The highest BCUT2D eigenvalue weighted by atomic mass is 15.2. The van der Waals surface area contributed by atoms with Crippen molar-refractivity contribution in [2.45, 2.75) is 0 Å². The fraction of sp³-hybridized carbons (Fsp3) is 1.00. The molecule has 0 spiro atoms. The van der Waals surface area contributed by atoms with Gasteiger partial charge in [-0.2, -0.15) is 0 Å². The lowest BCUT2D eigenvalue weighted by Crippen LogP contribution is -2.30. The number of fused-ring (bicyclic) bond motifs is 1. The molecule has 2 saturated heterocycles. The van der Waals surface area contributed by atoms with Crippen molar-refractivity contribution in [2.24, 2.45) is 17.6 Å². The zero-order chi connectivity index (χ0) is 6.97. The van der Waals surface area contributed by atoms with Crippen molar-refractivity contribution in [3.63, 3.8) is 0 Å². The summed E-state index contributed by atoms with van der Waals surface area (Å²) in [5.41, 5.74) is 5.54. The number of nitrogens with one attached hydrogen (secondary N) is 1. The molecule has 2 fully saturated rings. The highest BCUT2D eigenvalue weighted by Crippen LogP contribution is 2.24. The van der Waals surface area contributed by atoms with E-state index in [9.17, 15) is 0 Å². The molecule has 2 atom stereocenters. The first-order valence-corrected chi connectivity index (χ1v) is 4.03. The van der Waals surface area contributed by atoms with Crippen LogP contribution >= 0.6 is 0 Å². The summed E-state index contributed by atoms with van der Waals surface area (Å²) in [6, 6.07) is 0. The molecule has 0 aliphatic carbocycles. The van der Waals surface area contributed by atoms with Gasteiger partial charge in [0.05, 0.1) is 0 Å². The maximum Gasteiger partial charge on any atom is 0.0455 e. The molecule has 2 unspecified atom stereocenters. The van der Waals surface area contributed by atoms with Crippen molar-refractivity contribution in [1.82, 2.24) is 10.2 Å². The van der Waals surface area contributed by atoms with Gasteiger partial charge in [0.15, 0.2) is 0 Å². The third-order valence-electron chi connectivity index (χ3n) is 2.72. The Hall–Kier alpha value is -0.120. The second-order valence-electron chi connectivity index (χ2n) is 3.40. The molecule has 0 aromatic heterocycles. The summed E-state index contributed by atoms with van der Waals surface area (Å²) in [6.45, 7) is 5.59. The Bertz CT molecular complexity index is 114. The number of likely N-dealkylation sites (tertiary alicyclic amines) is 1. The highest BCUT2D eigenvalue weighted by Gasteiger charge is 2.35. The van der Waals surface area contributed by atoms with Crippen LogP contribution in [0.15, 0.2) is 0 Å². The van der Waals surface area contributed by atoms with Crippen LogP contribution in [0.2, 0.25) is 0 Å². The Morgan fingerprint density at radius 1 is 1.30 bits per heavy atom. The van der Waals surface area contributed by atoms with Crippen molar-refractivity contribution in [3.05, 3.63) is 0 Å². The lowest BCUT2D eigenvalue weighted by Gasteiger charge is -2.12. The molecule has 0 aromatic rings. The molecular formula is C7H15N3. The van der Waals surface area contributed by atoms with Gasteiger partial charge in [0, 0.05) is 19.8 Å². The normalized spacial score (nSPS) is 40.5. The molecule has 2 aliphatic heterocycles. The molecule has 58 valence electrons. The number of hydrogen-bond donors (Lipinski definition) is 2. The predicted molar refractivity (Wildman–Crippen MR) is 40.5 cm³/mol. The minimum Gasteiger partial charge on any atom is -0.318 e. The zero-order valence-corrected chi connectivity index (χ0v) is 6.21. The SMILES string of the molecule is NCN1CC2CNCC2C1. The summed E-state index contributed by atoms with van der Waals surface area (Å²) >= 11 is 0. The average Bonchev–Trinajstić information content (AvgIpc) is 2.42. The number of rotatable bonds is 1. The topological polar surface area (TPSA) is 41.3 Å². The minimum absolute atomic E-state index is 0.743. The third-order valence-corrected chi connectivity index (χ3v) is 2.72. The molecule has 0 aromatic carbocycles. The van der Waals surface area contributed by atoms with Crippen LogP contribution in [0.1, 0.15) is 0 Å². The largest absolute Gasteiger partial charge is 0.318 e. The summed E-state index contributed by atoms with van der Waals surface area (Å²) in [5.74, 6) is 1.78. The Balaban J connectivity index is 1.94. The predicted octanol–water partition coefficient (Wildman–Crippen LogP) is -0.946. The fourth-order valence-corrected chi connectivity index (χ4v) is 2.10. The Morgan fingerprint density at radius 2 is 1.90 bits per heavy atom. The molecule has 0 bridgehead atoms. The summed E-state index contributed by atoms with van der Waals surface area (Å²) in [7, 11) is 0. The van der Waals surface area contributed by atoms with Crippen molar-refractivity contribution >= 4 is 0 Å². The summed E-state index contributed by atoms with van der Waals surface area (Å²) in [5, 5.41) is 3.40. The summed E-state index contributed by atoms with van der Waals surface area (Å²) < 4.78 is 0. The molecule has 2 aliphatic rings. The van der Waals surface area contributed by atoms with Crippen LogP contribution in [-0.2, 0) is 0 Å². The van der Waals surface area contributed by atoms with Crippen LogP contribution in [-0.4, -0.2) is 37.7 Å². The van der Waals surface area contributed by atoms with Gasteiger partial charge in [-0.05, 0) is 24.9 Å². The van der Waals surface area contributed by atoms with E-state index in [2.05, 4.69) is 10.2 Å². The van der Waals surface area contributed by atoms with E-state index < -0.39 is 0 Å². The summed E-state index contributed by atoms with van der Waals surface area (Å²) in [6.07, 6.45) is 0. The Labute approximate surface area is 61.6 Å². The first kappa shape index (κ1) is 6.58. The van der Waals surface area contributed by atoms with Gasteiger partial charge in [-0.3, -0.25) is 4.90 Å². The molecular weight excluding hydrogens is 126 g/mol. The monoisotopic (exact) mass is 141 g/mol. The van der Waals surface area contributed by atoms with Crippen molar-refractivity contribution in [3.8, 4) is 0 Å². The van der Waals surface area contributed by atoms with Gasteiger partial charge in [0.1, 0.15) is 0 Å². The maximum absolute atomic E-state index is 5.54.